The van der Waals surface area contributed by atoms with Crippen LogP contribution < -0.4 is 14.8 Å². The van der Waals surface area contributed by atoms with Crippen molar-refractivity contribution in [2.45, 2.75) is 55.8 Å². The van der Waals surface area contributed by atoms with Gasteiger partial charge in [-0.3, -0.25) is 9.59 Å². The Morgan fingerprint density at radius 3 is 1.60 bits per heavy atom. The lowest BCUT2D eigenvalue weighted by atomic mass is 10.1. The maximum atomic E-state index is 14.2. The molecule has 12 nitrogen and oxygen atoms in total. The van der Waals surface area contributed by atoms with Crippen molar-refractivity contribution in [2.24, 2.45) is 5.92 Å². The zero-order valence-electron chi connectivity index (χ0n) is 28.6. The number of fused-ring (bicyclic) bond motifs is 2. The van der Waals surface area contributed by atoms with Crippen molar-refractivity contribution in [3.05, 3.63) is 85.2 Å². The van der Waals surface area contributed by atoms with Crippen molar-refractivity contribution in [3.8, 4) is 11.8 Å². The number of alkyl halides is 4. The molecule has 0 bridgehead atoms. The number of hydrogen-bond donors (Lipinski definition) is 3. The first-order valence-corrected chi connectivity index (χ1v) is 15.7. The van der Waals surface area contributed by atoms with Crippen LogP contribution in [0.3, 0.4) is 0 Å². The number of ether oxygens (including phenoxy) is 3. The van der Waals surface area contributed by atoms with Crippen molar-refractivity contribution in [3.63, 3.8) is 0 Å². The van der Waals surface area contributed by atoms with E-state index in [-0.39, 0.29) is 43.0 Å². The van der Waals surface area contributed by atoms with Gasteiger partial charge in [0.15, 0.2) is 11.4 Å². The average Bonchev–Trinajstić information content (AvgIpc) is 3.82. The van der Waals surface area contributed by atoms with Crippen molar-refractivity contribution < 1.29 is 51.6 Å². The highest BCUT2D eigenvalue weighted by atomic mass is 35.5. The Morgan fingerprint density at radius 2 is 1.21 bits per heavy atom. The fourth-order valence-corrected chi connectivity index (χ4v) is 5.46. The molecule has 53 heavy (non-hydrogen) atoms. The summed E-state index contributed by atoms with van der Waals surface area (Å²) in [4.78, 5) is 38.9. The third kappa shape index (κ3) is 10.7. The number of carboxylic acids is 1. The molecule has 3 heterocycles. The second-order valence-corrected chi connectivity index (χ2v) is 11.4. The average molecular weight is 789 g/mol. The minimum atomic E-state index is -3.39. The minimum absolute atomic E-state index is 0. The monoisotopic (exact) mass is 787 g/mol. The highest BCUT2D eigenvalue weighted by Gasteiger charge is 2.39. The van der Waals surface area contributed by atoms with Crippen LogP contribution in [0.2, 0.25) is 0 Å². The van der Waals surface area contributed by atoms with Gasteiger partial charge in [-0.25, -0.2) is 19.9 Å². The van der Waals surface area contributed by atoms with Crippen LogP contribution in [0.25, 0.3) is 22.1 Å². The molecule has 0 unspecified atom stereocenters. The second kappa shape index (κ2) is 19.4. The standard InChI is InChI=1S/C17H17F2N3O3.C17H16F2N2O3.CH4O.2ClH/c1-3-17(18,19)14-15(22-12-7-5-4-6-11(12)21-14)25-10-8-13(20-9-10)16(23)24-2;1-2-17(18,19)14-15(21-13-6-4-3-5-12(13)20-14)24-11-8-7-10(9-11)16(22)23;1-2;;/h3-7,10,13,20H,1,8-9H2,2H3;2-6,10-11H,1,7-9H2,(H,22,23);2H,1H3;2*1H/t10-,13+;10-,11-;;;/m10.../s1. The number of aliphatic hydroxyl groups excluding tert-OH is 1. The number of esters is 1. The molecule has 6 rings (SSSR count). The molecule has 18 heteroatoms. The summed E-state index contributed by atoms with van der Waals surface area (Å²) in [5.41, 5.74) is 0.345. The third-order valence-corrected chi connectivity index (χ3v) is 8.09. The van der Waals surface area contributed by atoms with Gasteiger partial charge in [0.2, 0.25) is 11.8 Å². The maximum Gasteiger partial charge on any atom is 0.323 e. The maximum absolute atomic E-state index is 14.2. The summed E-state index contributed by atoms with van der Waals surface area (Å²) in [5.74, 6) is -9.16. The summed E-state index contributed by atoms with van der Waals surface area (Å²) in [5, 5.41) is 19.0. The van der Waals surface area contributed by atoms with Gasteiger partial charge in [0.1, 0.15) is 18.2 Å². The number of aromatic nitrogens is 4. The van der Waals surface area contributed by atoms with Crippen LogP contribution in [-0.2, 0) is 26.2 Å². The number of carbonyl (C=O) groups excluding carboxylic acids is 1. The van der Waals surface area contributed by atoms with E-state index in [4.69, 9.17) is 19.7 Å². The first-order chi connectivity index (χ1) is 24.3. The van der Waals surface area contributed by atoms with Crippen LogP contribution in [-0.4, -0.2) is 81.1 Å². The lowest BCUT2D eigenvalue weighted by Crippen LogP contribution is -2.31. The second-order valence-electron chi connectivity index (χ2n) is 11.4. The molecular formula is C35H39Cl2F4N5O7. The number of allylic oxidation sites excluding steroid dienone is 2. The Balaban J connectivity index is 0.000000338. The molecule has 2 aliphatic rings. The fourth-order valence-electron chi connectivity index (χ4n) is 5.46. The summed E-state index contributed by atoms with van der Waals surface area (Å²) < 4.78 is 72.7. The molecule has 288 valence electrons. The quantitative estimate of drug-likeness (QED) is 0.0951. The van der Waals surface area contributed by atoms with Gasteiger partial charge < -0.3 is 29.7 Å². The molecule has 1 aliphatic heterocycles. The zero-order valence-corrected chi connectivity index (χ0v) is 30.2. The first-order valence-electron chi connectivity index (χ1n) is 15.7. The van der Waals surface area contributed by atoms with Crippen molar-refractivity contribution in [1.29, 1.82) is 0 Å². The van der Waals surface area contributed by atoms with Crippen LogP contribution >= 0.6 is 24.8 Å². The van der Waals surface area contributed by atoms with Crippen LogP contribution in [0, 0.1) is 5.92 Å². The molecule has 0 amide bonds. The Kier molecular flexibility index (Phi) is 16.3. The summed E-state index contributed by atoms with van der Waals surface area (Å²) >= 11 is 0. The van der Waals surface area contributed by atoms with E-state index in [2.05, 4.69) is 43.1 Å². The predicted octanol–water partition coefficient (Wildman–Crippen LogP) is 6.18. The molecule has 1 saturated carbocycles. The smallest absolute Gasteiger partial charge is 0.323 e. The van der Waals surface area contributed by atoms with Gasteiger partial charge in [-0.05, 0) is 55.7 Å². The molecular weight excluding hydrogens is 749 g/mol. The normalized spacial score (nSPS) is 19.2. The van der Waals surface area contributed by atoms with Crippen LogP contribution in [0.15, 0.2) is 73.8 Å². The number of nitrogens with one attached hydrogen (secondary N) is 1. The summed E-state index contributed by atoms with van der Waals surface area (Å²) in [6.45, 7) is 6.62. The van der Waals surface area contributed by atoms with E-state index in [1.807, 2.05) is 0 Å². The van der Waals surface area contributed by atoms with Gasteiger partial charge in [-0.2, -0.15) is 17.6 Å². The minimum Gasteiger partial charge on any atom is -0.481 e. The first kappa shape index (κ1) is 44.5. The number of rotatable bonds is 10. The molecule has 2 aromatic carbocycles. The van der Waals surface area contributed by atoms with Gasteiger partial charge in [-0.15, -0.1) is 24.8 Å². The van der Waals surface area contributed by atoms with E-state index in [0.29, 0.717) is 60.0 Å². The lowest BCUT2D eigenvalue weighted by molar-refractivity contribution is -0.143. The van der Waals surface area contributed by atoms with Gasteiger partial charge >= 0.3 is 23.8 Å². The van der Waals surface area contributed by atoms with Gasteiger partial charge in [-0.1, -0.05) is 37.4 Å². The highest BCUT2D eigenvalue weighted by molar-refractivity contribution is 5.85. The van der Waals surface area contributed by atoms with E-state index in [1.54, 1.807) is 48.5 Å². The van der Waals surface area contributed by atoms with Crippen molar-refractivity contribution in [2.75, 3.05) is 20.8 Å². The molecule has 1 aliphatic carbocycles. The summed E-state index contributed by atoms with van der Waals surface area (Å²) in [6, 6.07) is 12.8. The number of nitrogens with zero attached hydrogens (tertiary/aromatic N) is 4. The van der Waals surface area contributed by atoms with Crippen molar-refractivity contribution in [1.82, 2.24) is 25.3 Å². The molecule has 1 saturated heterocycles. The molecule has 2 aromatic heterocycles. The Hall–Kier alpha value is -4.64. The van der Waals surface area contributed by atoms with Crippen LogP contribution in [0.4, 0.5) is 17.6 Å². The number of methoxy groups -OCH3 is 1. The number of carboxylic acid groups (broad SMARTS) is 1. The highest BCUT2D eigenvalue weighted by Crippen LogP contribution is 2.38. The largest absolute Gasteiger partial charge is 0.481 e. The number of para-hydroxylation sites is 4. The van der Waals surface area contributed by atoms with Gasteiger partial charge in [0, 0.05) is 20.1 Å². The van der Waals surface area contributed by atoms with Crippen molar-refractivity contribution >= 4 is 58.8 Å². The predicted molar refractivity (Wildman–Crippen MR) is 192 cm³/mol. The SMILES string of the molecule is C=CC(F)(F)c1nc2ccccc2nc1O[C@H]1CC[C@H](C(=O)O)C1.C=CC(F)(F)c1nc2ccccc2nc1O[C@H]1CN[C@H](C(=O)OC)C1.CO.Cl.Cl. The van der Waals surface area contributed by atoms with Gasteiger partial charge in [0.25, 0.3) is 0 Å². The number of aliphatic hydroxyl groups is 1. The van der Waals surface area contributed by atoms with Crippen LogP contribution in [0.5, 0.6) is 11.8 Å². The summed E-state index contributed by atoms with van der Waals surface area (Å²) in [6.07, 6.45) is 1.51. The third-order valence-electron chi connectivity index (χ3n) is 8.09. The molecule has 4 atom stereocenters. The molecule has 4 aromatic rings. The number of aliphatic carboxylic acids is 1. The Bertz CT molecular complexity index is 1890. The number of benzene rings is 2. The Labute approximate surface area is 314 Å². The van der Waals surface area contributed by atoms with E-state index < -0.39 is 59.3 Å². The fraction of sp³-hybridized carbons (Fsp3) is 0.371. The number of carbonyl (C=O) groups is 2. The number of hydrogen-bond acceptors (Lipinski definition) is 11. The zero-order chi connectivity index (χ0) is 37.3. The van der Waals surface area contributed by atoms with E-state index in [1.165, 1.54) is 7.11 Å². The van der Waals surface area contributed by atoms with Gasteiger partial charge in [0.05, 0.1) is 35.1 Å². The molecule has 0 spiro atoms. The van der Waals surface area contributed by atoms with E-state index in [0.717, 1.165) is 7.11 Å². The lowest BCUT2D eigenvalue weighted by Gasteiger charge is -2.19. The van der Waals surface area contributed by atoms with E-state index in [9.17, 15) is 27.2 Å². The van der Waals surface area contributed by atoms with Crippen LogP contribution in [0.1, 0.15) is 37.1 Å². The molecule has 0 radical (unpaired) electrons. The topological polar surface area (TPSA) is 166 Å². The molecule has 3 N–H and O–H groups in total. The Morgan fingerprint density at radius 1 is 0.774 bits per heavy atom. The molecule has 2 fully saturated rings. The summed E-state index contributed by atoms with van der Waals surface area (Å²) in [7, 11) is 2.29. The van der Waals surface area contributed by atoms with E-state index >= 15 is 0 Å². The number of halogens is 6.